The molecule has 1 N–H and O–H groups in total. The third-order valence-corrected chi connectivity index (χ3v) is 1.72. The predicted octanol–water partition coefficient (Wildman–Crippen LogP) is 0.736. The van der Waals surface area contributed by atoms with E-state index in [1.807, 2.05) is 0 Å². The smallest absolute Gasteiger partial charge is 0.303 e. The number of carbonyl (C=O) groups excluding carboxylic acids is 2. The van der Waals surface area contributed by atoms with Gasteiger partial charge in [-0.05, 0) is 12.8 Å². The molecule has 1 atom stereocenters. The highest BCUT2D eigenvalue weighted by molar-refractivity contribution is 5.67. The topological polar surface area (TPSA) is 89.9 Å². The zero-order valence-electron chi connectivity index (χ0n) is 9.39. The summed E-state index contributed by atoms with van der Waals surface area (Å²) in [4.78, 5) is 31.6. The molecule has 6 nitrogen and oxygen atoms in total. The Balaban J connectivity index is 3.94. The Morgan fingerprint density at radius 2 is 1.81 bits per heavy atom. The van der Waals surface area contributed by atoms with Gasteiger partial charge < -0.3 is 14.6 Å². The lowest BCUT2D eigenvalue weighted by Gasteiger charge is -2.15. The summed E-state index contributed by atoms with van der Waals surface area (Å²) in [5, 5.41) is 8.43. The van der Waals surface area contributed by atoms with Gasteiger partial charge in [0, 0.05) is 20.3 Å². The zero-order chi connectivity index (χ0) is 12.6. The van der Waals surface area contributed by atoms with Crippen LogP contribution in [0.2, 0.25) is 0 Å². The Morgan fingerprint density at radius 3 is 2.25 bits per heavy atom. The first-order valence-corrected chi connectivity index (χ1v) is 4.94. The molecule has 0 amide bonds. The highest BCUT2D eigenvalue weighted by atomic mass is 16.6. The maximum absolute atomic E-state index is 10.7. The molecular weight excluding hydrogens is 216 g/mol. The van der Waals surface area contributed by atoms with Crippen molar-refractivity contribution in [2.24, 2.45) is 0 Å². The van der Waals surface area contributed by atoms with Crippen LogP contribution >= 0.6 is 0 Å². The lowest BCUT2D eigenvalue weighted by molar-refractivity contribution is -0.156. The van der Waals surface area contributed by atoms with E-state index in [2.05, 4.69) is 0 Å². The van der Waals surface area contributed by atoms with Crippen molar-refractivity contribution < 1.29 is 29.0 Å². The second-order valence-electron chi connectivity index (χ2n) is 3.32. The van der Waals surface area contributed by atoms with E-state index in [0.29, 0.717) is 12.8 Å². The van der Waals surface area contributed by atoms with Gasteiger partial charge in [-0.3, -0.25) is 14.4 Å². The van der Waals surface area contributed by atoms with E-state index in [4.69, 9.17) is 14.6 Å². The third-order valence-electron chi connectivity index (χ3n) is 1.72. The lowest BCUT2D eigenvalue weighted by atomic mass is 10.1. The lowest BCUT2D eigenvalue weighted by Crippen LogP contribution is -2.23. The average molecular weight is 232 g/mol. The Morgan fingerprint density at radius 1 is 1.19 bits per heavy atom. The fourth-order valence-corrected chi connectivity index (χ4v) is 1.10. The van der Waals surface area contributed by atoms with Crippen LogP contribution in [0, 0.1) is 0 Å². The molecule has 16 heavy (non-hydrogen) atoms. The van der Waals surface area contributed by atoms with Gasteiger partial charge in [0.2, 0.25) is 0 Å². The van der Waals surface area contributed by atoms with Gasteiger partial charge in [-0.25, -0.2) is 0 Å². The van der Waals surface area contributed by atoms with E-state index in [0.717, 1.165) is 0 Å². The summed E-state index contributed by atoms with van der Waals surface area (Å²) in [5.74, 6) is -1.85. The van der Waals surface area contributed by atoms with Gasteiger partial charge in [-0.2, -0.15) is 0 Å². The molecule has 0 fully saturated rings. The summed E-state index contributed by atoms with van der Waals surface area (Å²) in [6.45, 7) is 2.47. The van der Waals surface area contributed by atoms with Crippen LogP contribution in [-0.2, 0) is 23.9 Å². The number of carboxylic acids is 1. The summed E-state index contributed by atoms with van der Waals surface area (Å²) in [6, 6.07) is 0. The first-order chi connectivity index (χ1) is 7.41. The Hall–Kier alpha value is -1.59. The number of ether oxygens (including phenoxy) is 2. The molecule has 0 radical (unpaired) electrons. The molecule has 6 heteroatoms. The minimum atomic E-state index is -0.908. The largest absolute Gasteiger partial charge is 0.481 e. The number of hydrogen-bond donors (Lipinski definition) is 1. The van der Waals surface area contributed by atoms with Crippen LogP contribution in [0.4, 0.5) is 0 Å². The molecule has 0 saturated heterocycles. The number of aliphatic carboxylic acids is 1. The molecule has 0 saturated carbocycles. The number of esters is 2. The number of carbonyl (C=O) groups is 3. The van der Waals surface area contributed by atoms with E-state index in [1.165, 1.54) is 13.8 Å². The van der Waals surface area contributed by atoms with E-state index in [-0.39, 0.29) is 13.0 Å². The van der Waals surface area contributed by atoms with Crippen LogP contribution in [0.1, 0.15) is 33.1 Å². The Kier molecular flexibility index (Phi) is 6.91. The standard InChI is InChI=1S/C10H16O6/c1-7(11)15-6-9(16-8(2)12)4-3-5-10(13)14/h9H,3-6H2,1-2H3,(H,13,14). The second kappa shape index (κ2) is 7.67. The molecule has 0 aromatic heterocycles. The fraction of sp³-hybridized carbons (Fsp3) is 0.700. The van der Waals surface area contributed by atoms with Crippen LogP contribution in [0.5, 0.6) is 0 Å². The highest BCUT2D eigenvalue weighted by Gasteiger charge is 2.14. The first-order valence-electron chi connectivity index (χ1n) is 4.94. The predicted molar refractivity (Wildman–Crippen MR) is 53.7 cm³/mol. The summed E-state index contributed by atoms with van der Waals surface area (Å²) in [7, 11) is 0. The van der Waals surface area contributed by atoms with Crippen molar-refractivity contribution >= 4 is 17.9 Å². The van der Waals surface area contributed by atoms with Gasteiger partial charge in [-0.15, -0.1) is 0 Å². The van der Waals surface area contributed by atoms with E-state index < -0.39 is 24.0 Å². The van der Waals surface area contributed by atoms with Crippen molar-refractivity contribution in [1.29, 1.82) is 0 Å². The quantitative estimate of drug-likeness (QED) is 0.651. The summed E-state index contributed by atoms with van der Waals surface area (Å²) >= 11 is 0. The van der Waals surface area contributed by atoms with Crippen molar-refractivity contribution in [1.82, 2.24) is 0 Å². The van der Waals surface area contributed by atoms with Gasteiger partial charge in [0.15, 0.2) is 0 Å². The van der Waals surface area contributed by atoms with Crippen molar-refractivity contribution in [3.63, 3.8) is 0 Å². The monoisotopic (exact) mass is 232 g/mol. The van der Waals surface area contributed by atoms with Crippen LogP contribution < -0.4 is 0 Å². The average Bonchev–Trinajstić information content (AvgIpc) is 2.12. The van der Waals surface area contributed by atoms with Crippen LogP contribution in [0.3, 0.4) is 0 Å². The van der Waals surface area contributed by atoms with Crippen molar-refractivity contribution in [2.45, 2.75) is 39.2 Å². The molecule has 1 unspecified atom stereocenters. The molecule has 0 bridgehead atoms. The third kappa shape index (κ3) is 8.98. The molecule has 0 spiro atoms. The van der Waals surface area contributed by atoms with Crippen LogP contribution in [-0.4, -0.2) is 35.7 Å². The molecular formula is C10H16O6. The first kappa shape index (κ1) is 14.4. The molecule has 0 aromatic rings. The minimum Gasteiger partial charge on any atom is -0.481 e. The number of carboxylic acid groups (broad SMARTS) is 1. The molecule has 0 aliphatic heterocycles. The van der Waals surface area contributed by atoms with Gasteiger partial charge in [-0.1, -0.05) is 0 Å². The SMILES string of the molecule is CC(=O)OCC(CCCC(=O)O)OC(C)=O. The van der Waals surface area contributed by atoms with Gasteiger partial charge >= 0.3 is 17.9 Å². The maximum atomic E-state index is 10.7. The molecule has 0 aliphatic rings. The van der Waals surface area contributed by atoms with Crippen LogP contribution in [0.25, 0.3) is 0 Å². The zero-order valence-corrected chi connectivity index (χ0v) is 9.39. The molecule has 0 aliphatic carbocycles. The molecule has 92 valence electrons. The van der Waals surface area contributed by atoms with Crippen molar-refractivity contribution in [3.8, 4) is 0 Å². The Labute approximate surface area is 93.5 Å². The summed E-state index contributed by atoms with van der Waals surface area (Å²) in [6.07, 6.45) is 0.159. The van der Waals surface area contributed by atoms with E-state index in [1.54, 1.807) is 0 Å². The molecule has 0 aromatic carbocycles. The van der Waals surface area contributed by atoms with E-state index >= 15 is 0 Å². The molecule has 0 heterocycles. The Bertz CT molecular complexity index is 260. The van der Waals surface area contributed by atoms with Crippen LogP contribution in [0.15, 0.2) is 0 Å². The molecule has 0 rings (SSSR count). The van der Waals surface area contributed by atoms with Gasteiger partial charge in [0.25, 0.3) is 0 Å². The summed E-state index contributed by atoms with van der Waals surface area (Å²) < 4.78 is 9.57. The maximum Gasteiger partial charge on any atom is 0.303 e. The van der Waals surface area contributed by atoms with Crippen molar-refractivity contribution in [3.05, 3.63) is 0 Å². The number of hydrogen-bond acceptors (Lipinski definition) is 5. The highest BCUT2D eigenvalue weighted by Crippen LogP contribution is 2.06. The fourth-order valence-electron chi connectivity index (χ4n) is 1.10. The van der Waals surface area contributed by atoms with Gasteiger partial charge in [0.1, 0.15) is 12.7 Å². The van der Waals surface area contributed by atoms with Crippen molar-refractivity contribution in [2.75, 3.05) is 6.61 Å². The van der Waals surface area contributed by atoms with E-state index in [9.17, 15) is 14.4 Å². The second-order valence-corrected chi connectivity index (χ2v) is 3.32. The summed E-state index contributed by atoms with van der Waals surface area (Å²) in [5.41, 5.74) is 0. The van der Waals surface area contributed by atoms with Gasteiger partial charge in [0.05, 0.1) is 0 Å². The number of rotatable bonds is 7. The normalized spacial score (nSPS) is 11.6. The minimum absolute atomic E-state index is 0.00215.